The molecule has 0 N–H and O–H groups in total. The minimum Gasteiger partial charge on any atom is -0.267 e. The fraction of sp³-hybridized carbons (Fsp3) is 0.167. The van der Waals surface area contributed by atoms with Gasteiger partial charge in [0.05, 0.1) is 11.6 Å². The SMILES string of the molecule is C=C(N=Cc1cccc(C#N)c1)O[S+](C)C. The lowest BCUT2D eigenvalue weighted by Gasteiger charge is -1.97. The van der Waals surface area contributed by atoms with E-state index in [4.69, 9.17) is 9.44 Å². The van der Waals surface area contributed by atoms with Gasteiger partial charge in [0.2, 0.25) is 0 Å². The van der Waals surface area contributed by atoms with Gasteiger partial charge in [-0.15, -0.1) is 0 Å². The first kappa shape index (κ1) is 12.3. The molecule has 0 saturated carbocycles. The Bertz CT molecular complexity index is 447. The minimum atomic E-state index is -0.175. The summed E-state index contributed by atoms with van der Waals surface area (Å²) in [5, 5.41) is 8.72. The molecule has 1 rings (SSSR count). The molecule has 0 fully saturated rings. The van der Waals surface area contributed by atoms with Crippen LogP contribution in [0.4, 0.5) is 0 Å². The number of hydrogen-bond donors (Lipinski definition) is 0. The lowest BCUT2D eigenvalue weighted by atomic mass is 10.1. The van der Waals surface area contributed by atoms with Crippen molar-refractivity contribution in [3.05, 3.63) is 47.9 Å². The molecule has 16 heavy (non-hydrogen) atoms. The normalized spacial score (nSPS) is 10.4. The Labute approximate surface area is 98.6 Å². The summed E-state index contributed by atoms with van der Waals surface area (Å²) in [5.74, 6) is 0.385. The highest BCUT2D eigenvalue weighted by Crippen LogP contribution is 2.04. The van der Waals surface area contributed by atoms with Gasteiger partial charge in [-0.1, -0.05) is 12.1 Å². The van der Waals surface area contributed by atoms with Crippen LogP contribution in [0, 0.1) is 11.3 Å². The van der Waals surface area contributed by atoms with Crippen molar-refractivity contribution in [1.29, 1.82) is 5.26 Å². The molecule has 0 radical (unpaired) electrons. The Morgan fingerprint density at radius 1 is 1.56 bits per heavy atom. The predicted molar refractivity (Wildman–Crippen MR) is 68.2 cm³/mol. The highest BCUT2D eigenvalue weighted by atomic mass is 32.2. The van der Waals surface area contributed by atoms with Gasteiger partial charge >= 0.3 is 0 Å². The molecule has 0 aliphatic carbocycles. The second kappa shape index (κ2) is 5.99. The van der Waals surface area contributed by atoms with Crippen molar-refractivity contribution in [2.24, 2.45) is 4.99 Å². The zero-order chi connectivity index (χ0) is 12.0. The van der Waals surface area contributed by atoms with Gasteiger partial charge in [0.1, 0.15) is 12.5 Å². The van der Waals surface area contributed by atoms with Gasteiger partial charge in [-0.05, 0) is 24.3 Å². The number of aliphatic imine (C=N–C) groups is 1. The third kappa shape index (κ3) is 4.20. The van der Waals surface area contributed by atoms with E-state index in [1.165, 1.54) is 0 Å². The van der Waals surface area contributed by atoms with Gasteiger partial charge in [-0.25, -0.2) is 4.99 Å². The van der Waals surface area contributed by atoms with Gasteiger partial charge in [-0.2, -0.15) is 5.26 Å². The standard InChI is InChI=1S/C12H13N2OS/c1-10(15-16(2)3)14-9-12-6-4-5-11(7-12)8-13/h4-7,9H,1H2,2-3H3/q+1. The quantitative estimate of drug-likeness (QED) is 0.455. The molecule has 82 valence electrons. The average molecular weight is 233 g/mol. The van der Waals surface area contributed by atoms with E-state index in [0.29, 0.717) is 11.4 Å². The molecule has 0 saturated heterocycles. The fourth-order valence-electron chi connectivity index (χ4n) is 1.05. The van der Waals surface area contributed by atoms with Crippen molar-refractivity contribution in [3.8, 4) is 6.07 Å². The van der Waals surface area contributed by atoms with E-state index in [1.54, 1.807) is 18.3 Å². The average Bonchev–Trinajstić information content (AvgIpc) is 2.26. The summed E-state index contributed by atoms with van der Waals surface area (Å²) >= 11 is -0.175. The van der Waals surface area contributed by atoms with Crippen LogP contribution in [0.3, 0.4) is 0 Å². The molecule has 0 heterocycles. The van der Waals surface area contributed by atoms with Crippen LogP contribution in [0.1, 0.15) is 11.1 Å². The maximum absolute atomic E-state index is 8.72. The van der Waals surface area contributed by atoms with E-state index >= 15 is 0 Å². The van der Waals surface area contributed by atoms with E-state index in [2.05, 4.69) is 17.6 Å². The second-order valence-electron chi connectivity index (χ2n) is 3.21. The molecule has 0 spiro atoms. The van der Waals surface area contributed by atoms with Crippen molar-refractivity contribution in [2.45, 2.75) is 0 Å². The molecule has 0 unspecified atom stereocenters. The first-order valence-corrected chi connectivity index (χ1v) is 6.57. The molecule has 0 aromatic heterocycles. The first-order chi connectivity index (χ1) is 7.61. The summed E-state index contributed by atoms with van der Waals surface area (Å²) < 4.78 is 5.30. The molecule has 4 heteroatoms. The minimum absolute atomic E-state index is 0.175. The molecule has 0 atom stereocenters. The number of benzene rings is 1. The smallest absolute Gasteiger partial charge is 0.267 e. The van der Waals surface area contributed by atoms with Crippen LogP contribution in [-0.2, 0) is 15.4 Å². The molecular weight excluding hydrogens is 220 g/mol. The Hall–Kier alpha value is -1.73. The van der Waals surface area contributed by atoms with Gasteiger partial charge in [0, 0.05) is 6.21 Å². The first-order valence-electron chi connectivity index (χ1n) is 4.61. The largest absolute Gasteiger partial charge is 0.271 e. The van der Waals surface area contributed by atoms with E-state index in [0.717, 1.165) is 5.56 Å². The Morgan fingerprint density at radius 2 is 2.31 bits per heavy atom. The third-order valence-electron chi connectivity index (χ3n) is 1.64. The lowest BCUT2D eigenvalue weighted by molar-refractivity contribution is 0.487. The zero-order valence-corrected chi connectivity index (χ0v) is 10.1. The van der Waals surface area contributed by atoms with Crippen LogP contribution in [0.25, 0.3) is 0 Å². The molecular formula is C12H13N2OS+. The van der Waals surface area contributed by atoms with E-state index < -0.39 is 0 Å². The van der Waals surface area contributed by atoms with Crippen molar-refractivity contribution in [3.63, 3.8) is 0 Å². The fourth-order valence-corrected chi connectivity index (χ4v) is 1.48. The summed E-state index contributed by atoms with van der Waals surface area (Å²) in [6.45, 7) is 3.67. The van der Waals surface area contributed by atoms with Crippen LogP contribution < -0.4 is 0 Å². The van der Waals surface area contributed by atoms with Crippen LogP contribution in [-0.4, -0.2) is 18.7 Å². The van der Waals surface area contributed by atoms with Crippen molar-refractivity contribution < 1.29 is 4.18 Å². The predicted octanol–water partition coefficient (Wildman–Crippen LogP) is 2.26. The zero-order valence-electron chi connectivity index (χ0n) is 9.30. The lowest BCUT2D eigenvalue weighted by Crippen LogP contribution is -1.99. The molecule has 0 aliphatic heterocycles. The summed E-state index contributed by atoms with van der Waals surface area (Å²) in [6, 6.07) is 9.26. The number of rotatable bonds is 4. The highest BCUT2D eigenvalue weighted by molar-refractivity contribution is 7.91. The van der Waals surface area contributed by atoms with E-state index in [9.17, 15) is 0 Å². The van der Waals surface area contributed by atoms with Crippen molar-refractivity contribution in [2.75, 3.05) is 12.5 Å². The number of hydrogen-bond acceptors (Lipinski definition) is 3. The van der Waals surface area contributed by atoms with Gasteiger partial charge < -0.3 is 0 Å². The highest BCUT2D eigenvalue weighted by Gasteiger charge is 2.04. The molecule has 0 aliphatic rings. The van der Waals surface area contributed by atoms with Crippen LogP contribution in [0.5, 0.6) is 0 Å². The maximum Gasteiger partial charge on any atom is 0.271 e. The molecule has 1 aromatic rings. The monoisotopic (exact) mass is 233 g/mol. The molecule has 0 amide bonds. The Morgan fingerprint density at radius 3 is 2.94 bits per heavy atom. The third-order valence-corrected chi connectivity index (χ3v) is 2.16. The summed E-state index contributed by atoms with van der Waals surface area (Å²) in [7, 11) is 0. The Balaban J connectivity index is 2.69. The van der Waals surface area contributed by atoms with E-state index in [-0.39, 0.29) is 11.2 Å². The summed E-state index contributed by atoms with van der Waals surface area (Å²) in [5.41, 5.74) is 1.47. The van der Waals surface area contributed by atoms with Crippen LogP contribution >= 0.6 is 0 Å². The van der Waals surface area contributed by atoms with Crippen LogP contribution in [0.15, 0.2) is 41.7 Å². The van der Waals surface area contributed by atoms with Crippen molar-refractivity contribution >= 4 is 17.4 Å². The molecule has 0 bridgehead atoms. The maximum atomic E-state index is 8.72. The molecule has 1 aromatic carbocycles. The second-order valence-corrected chi connectivity index (χ2v) is 4.86. The summed E-state index contributed by atoms with van der Waals surface area (Å²) in [6.07, 6.45) is 5.52. The van der Waals surface area contributed by atoms with Gasteiger partial charge in [-0.3, -0.25) is 4.18 Å². The number of nitriles is 1. The Kier molecular flexibility index (Phi) is 4.62. The van der Waals surface area contributed by atoms with Gasteiger partial charge in [0.15, 0.2) is 11.2 Å². The van der Waals surface area contributed by atoms with Gasteiger partial charge in [0.25, 0.3) is 5.88 Å². The summed E-state index contributed by atoms with van der Waals surface area (Å²) in [4.78, 5) is 4.07. The van der Waals surface area contributed by atoms with Crippen LogP contribution in [0.2, 0.25) is 0 Å². The topological polar surface area (TPSA) is 45.4 Å². The number of nitrogens with zero attached hydrogens (tertiary/aromatic N) is 2. The van der Waals surface area contributed by atoms with Crippen molar-refractivity contribution in [1.82, 2.24) is 0 Å². The van der Waals surface area contributed by atoms with E-state index in [1.807, 2.05) is 24.6 Å². The molecule has 3 nitrogen and oxygen atoms in total.